The Labute approximate surface area is 75.0 Å². The maximum Gasteiger partial charge on any atom is 0.128 e. The lowest BCUT2D eigenvalue weighted by atomic mass is 10.1. The first kappa shape index (κ1) is 10.1. The molecule has 0 aliphatic rings. The third-order valence-corrected chi connectivity index (χ3v) is 1.87. The van der Waals surface area contributed by atoms with Crippen molar-refractivity contribution in [1.82, 2.24) is 0 Å². The van der Waals surface area contributed by atoms with Crippen LogP contribution in [0.5, 0.6) is 0 Å². The van der Waals surface area contributed by atoms with Gasteiger partial charge in [-0.1, -0.05) is 0 Å². The van der Waals surface area contributed by atoms with Gasteiger partial charge in [-0.3, -0.25) is 0 Å². The summed E-state index contributed by atoms with van der Waals surface area (Å²) in [6, 6.07) is 1.22. The molecule has 0 unspecified atom stereocenters. The maximum atomic E-state index is 13.1. The van der Waals surface area contributed by atoms with Gasteiger partial charge in [-0.05, 0) is 24.6 Å². The lowest BCUT2D eigenvalue weighted by Gasteiger charge is -2.10. The number of benzene rings is 1. The second-order valence-corrected chi connectivity index (χ2v) is 2.91. The topological polar surface area (TPSA) is 46.2 Å². The molecule has 1 atom stereocenters. The first-order valence-corrected chi connectivity index (χ1v) is 3.88. The van der Waals surface area contributed by atoms with E-state index in [1.807, 2.05) is 0 Å². The van der Waals surface area contributed by atoms with Crippen LogP contribution in [0.2, 0.25) is 0 Å². The summed E-state index contributed by atoms with van der Waals surface area (Å²) in [7, 11) is 0. The Kier molecular flexibility index (Phi) is 2.95. The van der Waals surface area contributed by atoms with Crippen molar-refractivity contribution in [1.29, 1.82) is 0 Å². The van der Waals surface area contributed by atoms with Gasteiger partial charge in [0.25, 0.3) is 0 Å². The quantitative estimate of drug-likeness (QED) is 0.732. The Morgan fingerprint density at radius 1 is 1.38 bits per heavy atom. The standard InChI is InChI=1S/C9H11F2NO/c1-5-2-8(11)6(3-7(5)10)9(12)4-13/h2-3,9,13H,4,12H2,1H3/t9-/m0/s1. The average molecular weight is 187 g/mol. The highest BCUT2D eigenvalue weighted by atomic mass is 19.1. The van der Waals surface area contributed by atoms with Gasteiger partial charge in [0.15, 0.2) is 0 Å². The molecule has 0 heterocycles. The van der Waals surface area contributed by atoms with E-state index in [0.717, 1.165) is 12.1 Å². The molecule has 0 fully saturated rings. The first-order chi connectivity index (χ1) is 6.06. The Bertz CT molecular complexity index is 315. The Morgan fingerprint density at radius 3 is 2.54 bits per heavy atom. The third-order valence-electron chi connectivity index (χ3n) is 1.87. The predicted octanol–water partition coefficient (Wildman–Crippen LogP) is 1.27. The van der Waals surface area contributed by atoms with Gasteiger partial charge in [-0.15, -0.1) is 0 Å². The minimum atomic E-state index is -0.866. The van der Waals surface area contributed by atoms with E-state index in [9.17, 15) is 8.78 Å². The normalized spacial score (nSPS) is 13.0. The van der Waals surface area contributed by atoms with E-state index in [-0.39, 0.29) is 11.1 Å². The molecule has 1 aromatic carbocycles. The molecule has 3 N–H and O–H groups in total. The van der Waals surface area contributed by atoms with Crippen molar-refractivity contribution in [3.63, 3.8) is 0 Å². The summed E-state index contributed by atoms with van der Waals surface area (Å²) >= 11 is 0. The fourth-order valence-electron chi connectivity index (χ4n) is 1.04. The SMILES string of the molecule is Cc1cc(F)c([C@@H](N)CO)cc1F. The van der Waals surface area contributed by atoms with E-state index < -0.39 is 24.3 Å². The molecule has 72 valence electrons. The van der Waals surface area contributed by atoms with E-state index in [2.05, 4.69) is 0 Å². The number of aryl methyl sites for hydroxylation is 1. The maximum absolute atomic E-state index is 13.1. The zero-order chi connectivity index (χ0) is 10.0. The number of halogens is 2. The highest BCUT2D eigenvalue weighted by Gasteiger charge is 2.12. The Balaban J connectivity index is 3.15. The molecule has 0 saturated heterocycles. The summed E-state index contributed by atoms with van der Waals surface area (Å²) in [6.07, 6.45) is 0. The first-order valence-electron chi connectivity index (χ1n) is 3.88. The molecule has 0 bridgehead atoms. The van der Waals surface area contributed by atoms with Crippen LogP contribution >= 0.6 is 0 Å². The molecule has 1 rings (SSSR count). The van der Waals surface area contributed by atoms with E-state index in [4.69, 9.17) is 10.8 Å². The molecule has 0 amide bonds. The molecule has 2 nitrogen and oxygen atoms in total. The van der Waals surface area contributed by atoms with Crippen molar-refractivity contribution >= 4 is 0 Å². The molecule has 0 saturated carbocycles. The van der Waals surface area contributed by atoms with E-state index in [1.165, 1.54) is 6.92 Å². The van der Waals surface area contributed by atoms with Crippen LogP contribution in [0, 0.1) is 18.6 Å². The Morgan fingerprint density at radius 2 is 2.00 bits per heavy atom. The number of hydrogen-bond donors (Lipinski definition) is 2. The van der Waals surface area contributed by atoms with Gasteiger partial charge in [0.2, 0.25) is 0 Å². The fourth-order valence-corrected chi connectivity index (χ4v) is 1.04. The average Bonchev–Trinajstić information content (AvgIpc) is 2.10. The molecule has 1 aromatic rings. The summed E-state index contributed by atoms with van der Waals surface area (Å²) in [5.74, 6) is -1.10. The number of hydrogen-bond acceptors (Lipinski definition) is 2. The number of aliphatic hydroxyl groups is 1. The van der Waals surface area contributed by atoms with Crippen LogP contribution in [0.1, 0.15) is 17.2 Å². The van der Waals surface area contributed by atoms with Crippen molar-refractivity contribution < 1.29 is 13.9 Å². The van der Waals surface area contributed by atoms with Crippen molar-refractivity contribution in [2.75, 3.05) is 6.61 Å². The lowest BCUT2D eigenvalue weighted by molar-refractivity contribution is 0.265. The van der Waals surface area contributed by atoms with Crippen molar-refractivity contribution in [2.45, 2.75) is 13.0 Å². The summed E-state index contributed by atoms with van der Waals surface area (Å²) in [4.78, 5) is 0. The van der Waals surface area contributed by atoms with Gasteiger partial charge in [-0.25, -0.2) is 8.78 Å². The van der Waals surface area contributed by atoms with E-state index in [0.29, 0.717) is 0 Å². The van der Waals surface area contributed by atoms with Gasteiger partial charge < -0.3 is 10.8 Å². The lowest BCUT2D eigenvalue weighted by Crippen LogP contribution is -2.16. The zero-order valence-electron chi connectivity index (χ0n) is 7.22. The summed E-state index contributed by atoms with van der Waals surface area (Å²) in [5.41, 5.74) is 5.59. The molecule has 0 aliphatic heterocycles. The minimum Gasteiger partial charge on any atom is -0.394 e. The number of rotatable bonds is 2. The van der Waals surface area contributed by atoms with Gasteiger partial charge in [0, 0.05) is 5.56 Å². The minimum absolute atomic E-state index is 0.00519. The molecule has 0 radical (unpaired) electrons. The molecule has 13 heavy (non-hydrogen) atoms. The van der Waals surface area contributed by atoms with Gasteiger partial charge in [-0.2, -0.15) is 0 Å². The molecular formula is C9H11F2NO. The monoisotopic (exact) mass is 187 g/mol. The summed E-state index contributed by atoms with van der Waals surface area (Å²) in [5, 5.41) is 8.66. The van der Waals surface area contributed by atoms with Gasteiger partial charge >= 0.3 is 0 Å². The van der Waals surface area contributed by atoms with Crippen LogP contribution in [-0.2, 0) is 0 Å². The van der Waals surface area contributed by atoms with Crippen LogP contribution in [-0.4, -0.2) is 11.7 Å². The second-order valence-electron chi connectivity index (χ2n) is 2.91. The summed E-state index contributed by atoms with van der Waals surface area (Å²) < 4.78 is 26.1. The molecule has 0 aromatic heterocycles. The molecule has 0 spiro atoms. The van der Waals surface area contributed by atoms with Crippen molar-refractivity contribution in [2.24, 2.45) is 5.73 Å². The van der Waals surface area contributed by atoms with Crippen LogP contribution in [0.4, 0.5) is 8.78 Å². The van der Waals surface area contributed by atoms with Gasteiger partial charge in [0.05, 0.1) is 12.6 Å². The van der Waals surface area contributed by atoms with E-state index >= 15 is 0 Å². The highest BCUT2D eigenvalue weighted by molar-refractivity contribution is 5.27. The highest BCUT2D eigenvalue weighted by Crippen LogP contribution is 2.18. The van der Waals surface area contributed by atoms with Crippen LogP contribution in [0.25, 0.3) is 0 Å². The largest absolute Gasteiger partial charge is 0.394 e. The fraction of sp³-hybridized carbons (Fsp3) is 0.333. The molecular weight excluding hydrogens is 176 g/mol. The predicted molar refractivity (Wildman–Crippen MR) is 45.1 cm³/mol. The van der Waals surface area contributed by atoms with Crippen molar-refractivity contribution in [3.8, 4) is 0 Å². The van der Waals surface area contributed by atoms with Gasteiger partial charge in [0.1, 0.15) is 11.6 Å². The zero-order valence-corrected chi connectivity index (χ0v) is 7.22. The van der Waals surface area contributed by atoms with Crippen LogP contribution in [0.15, 0.2) is 12.1 Å². The third kappa shape index (κ3) is 2.02. The van der Waals surface area contributed by atoms with Crippen LogP contribution in [0.3, 0.4) is 0 Å². The molecule has 0 aliphatic carbocycles. The number of nitrogens with two attached hydrogens (primary N) is 1. The molecule has 4 heteroatoms. The number of aliphatic hydroxyl groups excluding tert-OH is 1. The van der Waals surface area contributed by atoms with Crippen molar-refractivity contribution in [3.05, 3.63) is 34.9 Å². The van der Waals surface area contributed by atoms with E-state index in [1.54, 1.807) is 0 Å². The summed E-state index contributed by atoms with van der Waals surface area (Å²) in [6.45, 7) is 1.06. The second kappa shape index (κ2) is 3.81. The van der Waals surface area contributed by atoms with Crippen LogP contribution < -0.4 is 5.73 Å². The smallest absolute Gasteiger partial charge is 0.128 e. The Hall–Kier alpha value is -1.00.